The molecule has 0 radical (unpaired) electrons. The molecular weight excluding hydrogens is 280 g/mol. The molecule has 2 aromatic rings. The molecule has 5 heteroatoms. The van der Waals surface area contributed by atoms with Gasteiger partial charge in [-0.15, -0.1) is 0 Å². The Hall–Kier alpha value is -2.66. The van der Waals surface area contributed by atoms with E-state index in [0.29, 0.717) is 11.1 Å². The lowest BCUT2D eigenvalue weighted by molar-refractivity contribution is 0.270. The molecule has 5 nitrogen and oxygen atoms in total. The van der Waals surface area contributed by atoms with E-state index in [1.54, 1.807) is 54.7 Å². The van der Waals surface area contributed by atoms with Crippen LogP contribution in [0.25, 0.3) is 0 Å². The molecule has 0 aliphatic heterocycles. The Bertz CT molecular complexity index is 668. The van der Waals surface area contributed by atoms with Gasteiger partial charge >= 0.3 is 0 Å². The topological polar surface area (TPSA) is 85.4 Å². The lowest BCUT2D eigenvalue weighted by atomic mass is 10.2. The zero-order valence-corrected chi connectivity index (χ0v) is 12.0. The average Bonchev–Trinajstić information content (AvgIpc) is 2.54. The molecule has 0 aromatic heterocycles. The number of rotatable bonds is 6. The highest BCUT2D eigenvalue weighted by atomic mass is 16.3. The number of nitrogens with zero attached hydrogens (tertiary/aromatic N) is 2. The first kappa shape index (κ1) is 15.7. The van der Waals surface area contributed by atoms with Crippen LogP contribution >= 0.6 is 0 Å². The van der Waals surface area contributed by atoms with Crippen LogP contribution in [0.4, 0.5) is 0 Å². The summed E-state index contributed by atoms with van der Waals surface area (Å²) in [5, 5.41) is 28.6. The Balaban J connectivity index is 1.98. The van der Waals surface area contributed by atoms with E-state index in [4.69, 9.17) is 0 Å². The first-order chi connectivity index (χ1) is 10.7. The van der Waals surface area contributed by atoms with Crippen LogP contribution in [-0.2, 0) is 0 Å². The van der Waals surface area contributed by atoms with Crippen LogP contribution in [0.3, 0.4) is 0 Å². The zero-order chi connectivity index (χ0) is 15.8. The van der Waals surface area contributed by atoms with Gasteiger partial charge in [-0.3, -0.25) is 9.98 Å². The van der Waals surface area contributed by atoms with Gasteiger partial charge < -0.3 is 15.3 Å². The van der Waals surface area contributed by atoms with Crippen molar-refractivity contribution in [3.63, 3.8) is 0 Å². The van der Waals surface area contributed by atoms with E-state index in [9.17, 15) is 15.3 Å². The third-order valence-corrected chi connectivity index (χ3v) is 3.06. The van der Waals surface area contributed by atoms with Crippen LogP contribution in [0.5, 0.6) is 11.5 Å². The number of aromatic hydroxyl groups is 2. The second kappa shape index (κ2) is 7.95. The van der Waals surface area contributed by atoms with Gasteiger partial charge in [0.2, 0.25) is 0 Å². The van der Waals surface area contributed by atoms with Crippen molar-refractivity contribution in [2.45, 2.75) is 6.04 Å². The van der Waals surface area contributed by atoms with E-state index in [-0.39, 0.29) is 24.7 Å². The number of para-hydroxylation sites is 2. The number of aliphatic hydroxyl groups excluding tert-OH is 1. The molecule has 1 atom stereocenters. The maximum absolute atomic E-state index is 9.64. The summed E-state index contributed by atoms with van der Waals surface area (Å²) in [4.78, 5) is 8.40. The van der Waals surface area contributed by atoms with Crippen molar-refractivity contribution < 1.29 is 15.3 Å². The molecule has 3 N–H and O–H groups in total. The number of phenolic OH excluding ortho intramolecular Hbond substituents is 2. The number of hydrogen-bond donors (Lipinski definition) is 3. The third kappa shape index (κ3) is 4.43. The van der Waals surface area contributed by atoms with Gasteiger partial charge in [-0.05, 0) is 24.3 Å². The fraction of sp³-hybridized carbons (Fsp3) is 0.176. The SMILES string of the molecule is OCC(CN=Cc1ccccc1O)N=Cc1ccccc1O. The van der Waals surface area contributed by atoms with Gasteiger partial charge in [0.25, 0.3) is 0 Å². The maximum Gasteiger partial charge on any atom is 0.124 e. The van der Waals surface area contributed by atoms with Gasteiger partial charge in [0.1, 0.15) is 11.5 Å². The van der Waals surface area contributed by atoms with Crippen LogP contribution in [0.15, 0.2) is 58.5 Å². The molecular formula is C17H18N2O3. The van der Waals surface area contributed by atoms with Crippen molar-refractivity contribution in [2.24, 2.45) is 9.98 Å². The monoisotopic (exact) mass is 298 g/mol. The van der Waals surface area contributed by atoms with Crippen LogP contribution in [0, 0.1) is 0 Å². The molecule has 0 saturated heterocycles. The summed E-state index contributed by atoms with van der Waals surface area (Å²) >= 11 is 0. The highest BCUT2D eigenvalue weighted by Gasteiger charge is 2.04. The van der Waals surface area contributed by atoms with Gasteiger partial charge in [0, 0.05) is 23.6 Å². The van der Waals surface area contributed by atoms with E-state index in [1.807, 2.05) is 0 Å². The summed E-state index contributed by atoms with van der Waals surface area (Å²) in [7, 11) is 0. The Morgan fingerprint density at radius 3 is 1.95 bits per heavy atom. The highest BCUT2D eigenvalue weighted by Crippen LogP contribution is 2.14. The maximum atomic E-state index is 9.64. The normalized spacial score (nSPS) is 13.0. The summed E-state index contributed by atoms with van der Waals surface area (Å²) in [5.41, 5.74) is 1.20. The fourth-order valence-corrected chi connectivity index (χ4v) is 1.80. The van der Waals surface area contributed by atoms with Gasteiger partial charge in [-0.1, -0.05) is 24.3 Å². The first-order valence-corrected chi connectivity index (χ1v) is 6.90. The quantitative estimate of drug-likeness (QED) is 0.713. The average molecular weight is 298 g/mol. The van der Waals surface area contributed by atoms with E-state index in [2.05, 4.69) is 9.98 Å². The Kier molecular flexibility index (Phi) is 5.68. The van der Waals surface area contributed by atoms with Crippen LogP contribution in [0.1, 0.15) is 11.1 Å². The summed E-state index contributed by atoms with van der Waals surface area (Å²) in [5.74, 6) is 0.296. The van der Waals surface area contributed by atoms with E-state index >= 15 is 0 Å². The number of aliphatic imine (C=N–C) groups is 2. The molecule has 0 fully saturated rings. The predicted molar refractivity (Wildman–Crippen MR) is 87.1 cm³/mol. The first-order valence-electron chi connectivity index (χ1n) is 6.90. The van der Waals surface area contributed by atoms with Crippen molar-refractivity contribution in [2.75, 3.05) is 13.2 Å². The van der Waals surface area contributed by atoms with Crippen LogP contribution in [-0.4, -0.2) is 46.9 Å². The number of hydrogen-bond acceptors (Lipinski definition) is 5. The van der Waals surface area contributed by atoms with Crippen molar-refractivity contribution in [3.05, 3.63) is 59.7 Å². The summed E-state index contributed by atoms with van der Waals surface area (Å²) < 4.78 is 0. The molecule has 2 rings (SSSR count). The zero-order valence-electron chi connectivity index (χ0n) is 12.0. The molecule has 1 unspecified atom stereocenters. The lowest BCUT2D eigenvalue weighted by Gasteiger charge is -2.06. The van der Waals surface area contributed by atoms with Gasteiger partial charge in [0.05, 0.1) is 19.2 Å². The fourth-order valence-electron chi connectivity index (χ4n) is 1.80. The minimum absolute atomic E-state index is 0.139. The third-order valence-electron chi connectivity index (χ3n) is 3.06. The Labute approximate surface area is 128 Å². The molecule has 0 amide bonds. The molecule has 2 aromatic carbocycles. The van der Waals surface area contributed by atoms with Crippen molar-refractivity contribution in [1.82, 2.24) is 0 Å². The van der Waals surface area contributed by atoms with E-state index in [0.717, 1.165) is 0 Å². The molecule has 22 heavy (non-hydrogen) atoms. The minimum Gasteiger partial charge on any atom is -0.507 e. The molecule has 0 bridgehead atoms. The van der Waals surface area contributed by atoms with Crippen molar-refractivity contribution in [3.8, 4) is 11.5 Å². The highest BCUT2D eigenvalue weighted by molar-refractivity contribution is 5.84. The van der Waals surface area contributed by atoms with Crippen LogP contribution in [0.2, 0.25) is 0 Å². The molecule has 114 valence electrons. The molecule has 0 heterocycles. The summed E-state index contributed by atoms with van der Waals surface area (Å²) in [6.45, 7) is 0.136. The van der Waals surface area contributed by atoms with Crippen molar-refractivity contribution >= 4 is 12.4 Å². The van der Waals surface area contributed by atoms with Crippen molar-refractivity contribution in [1.29, 1.82) is 0 Å². The van der Waals surface area contributed by atoms with E-state index < -0.39 is 6.04 Å². The lowest BCUT2D eigenvalue weighted by Crippen LogP contribution is -2.14. The Morgan fingerprint density at radius 1 is 0.864 bits per heavy atom. The molecule has 0 saturated carbocycles. The summed E-state index contributed by atoms with van der Waals surface area (Å²) in [6.07, 6.45) is 3.07. The largest absolute Gasteiger partial charge is 0.507 e. The second-order valence-corrected chi connectivity index (χ2v) is 4.73. The van der Waals surface area contributed by atoms with Gasteiger partial charge in [-0.2, -0.15) is 0 Å². The number of phenols is 2. The number of aliphatic hydroxyl groups is 1. The Morgan fingerprint density at radius 2 is 1.41 bits per heavy atom. The molecule has 0 aliphatic carbocycles. The standard InChI is InChI=1S/C17H18N2O3/c20-12-15(19-10-14-6-2-4-8-17(14)22)11-18-9-13-5-1-3-7-16(13)21/h1-10,15,20-22H,11-12H2. The number of benzene rings is 2. The van der Waals surface area contributed by atoms with Gasteiger partial charge in [0.15, 0.2) is 0 Å². The summed E-state index contributed by atoms with van der Waals surface area (Å²) in [6, 6.07) is 13.3. The minimum atomic E-state index is -0.401. The molecule has 0 aliphatic rings. The predicted octanol–water partition coefficient (Wildman–Crippen LogP) is 2.00. The smallest absolute Gasteiger partial charge is 0.124 e. The second-order valence-electron chi connectivity index (χ2n) is 4.73. The molecule has 0 spiro atoms. The van der Waals surface area contributed by atoms with Crippen LogP contribution < -0.4 is 0 Å². The van der Waals surface area contributed by atoms with Gasteiger partial charge in [-0.25, -0.2) is 0 Å². The van der Waals surface area contributed by atoms with E-state index in [1.165, 1.54) is 6.21 Å².